The van der Waals surface area contributed by atoms with Crippen molar-refractivity contribution in [2.45, 2.75) is 72.4 Å². The minimum atomic E-state index is -1.46. The van der Waals surface area contributed by atoms with E-state index in [1.807, 2.05) is 39.0 Å². The number of carbonyl (C=O) groups excluding carboxylic acids is 5. The Labute approximate surface area is 255 Å². The minimum Gasteiger partial charge on any atom is -0.496 e. The number of esters is 1. The number of piperidine rings is 1. The fraction of sp³-hybridized carbons (Fsp3) is 0.548. The van der Waals surface area contributed by atoms with Gasteiger partial charge in [0.05, 0.1) is 24.1 Å². The first kappa shape index (κ1) is 33.5. The Hall–Kier alpha value is -3.98. The zero-order chi connectivity index (χ0) is 31.9. The van der Waals surface area contributed by atoms with Crippen LogP contribution >= 0.6 is 11.3 Å². The highest BCUT2D eigenvalue weighted by molar-refractivity contribution is 7.20. The van der Waals surface area contributed by atoms with Gasteiger partial charge in [0.2, 0.25) is 11.8 Å². The molecule has 2 heterocycles. The molecule has 0 bridgehead atoms. The molecule has 0 spiro atoms. The monoisotopic (exact) mass is 612 g/mol. The molecule has 3 atom stereocenters. The van der Waals surface area contributed by atoms with Gasteiger partial charge < -0.3 is 25.4 Å². The average Bonchev–Trinajstić information content (AvgIpc) is 3.40. The lowest BCUT2D eigenvalue weighted by molar-refractivity contribution is -0.154. The van der Waals surface area contributed by atoms with Gasteiger partial charge in [0.1, 0.15) is 17.2 Å². The van der Waals surface area contributed by atoms with E-state index in [1.165, 1.54) is 25.2 Å². The van der Waals surface area contributed by atoms with E-state index in [1.54, 1.807) is 19.2 Å². The number of nitrogens with one attached hydrogen (secondary N) is 3. The van der Waals surface area contributed by atoms with Crippen molar-refractivity contribution in [2.75, 3.05) is 20.3 Å². The zero-order valence-corrected chi connectivity index (χ0v) is 26.3. The second-order valence-corrected chi connectivity index (χ2v) is 13.6. The molecule has 1 fully saturated rings. The first-order valence-electron chi connectivity index (χ1n) is 14.2. The summed E-state index contributed by atoms with van der Waals surface area (Å²) in [5.74, 6) is -2.66. The van der Waals surface area contributed by atoms with Gasteiger partial charge in [-0.25, -0.2) is 0 Å². The fourth-order valence-electron chi connectivity index (χ4n) is 4.73. The summed E-state index contributed by atoms with van der Waals surface area (Å²) in [6.07, 6.45) is 1.51. The summed E-state index contributed by atoms with van der Waals surface area (Å²) in [6.45, 7) is 8.38. The highest BCUT2D eigenvalue weighted by atomic mass is 32.1. The van der Waals surface area contributed by atoms with Crippen molar-refractivity contribution in [1.82, 2.24) is 16.0 Å². The molecule has 0 unspecified atom stereocenters. The van der Waals surface area contributed by atoms with Crippen molar-refractivity contribution in [2.24, 2.45) is 16.7 Å². The molecule has 1 aliphatic rings. The van der Waals surface area contributed by atoms with Crippen LogP contribution in [0.5, 0.6) is 5.75 Å². The van der Waals surface area contributed by atoms with E-state index in [4.69, 9.17) is 9.47 Å². The number of ether oxygens (including phenoxy) is 2. The van der Waals surface area contributed by atoms with Crippen molar-refractivity contribution in [1.29, 1.82) is 5.26 Å². The van der Waals surface area contributed by atoms with Crippen molar-refractivity contribution in [3.05, 3.63) is 29.1 Å². The number of amides is 3. The molecule has 0 radical (unpaired) electrons. The molecular formula is C31H40N4O7S. The van der Waals surface area contributed by atoms with Crippen LogP contribution in [0, 0.1) is 28.1 Å². The van der Waals surface area contributed by atoms with Crippen LogP contribution < -0.4 is 20.7 Å². The van der Waals surface area contributed by atoms with E-state index in [9.17, 15) is 29.2 Å². The lowest BCUT2D eigenvalue weighted by Crippen LogP contribution is -2.54. The molecular weight excluding hydrogens is 572 g/mol. The number of ketones is 1. The van der Waals surface area contributed by atoms with Crippen LogP contribution in [0.25, 0.3) is 10.1 Å². The number of hydrogen-bond donors (Lipinski definition) is 3. The van der Waals surface area contributed by atoms with Gasteiger partial charge in [-0.15, -0.1) is 11.3 Å². The van der Waals surface area contributed by atoms with E-state index in [0.717, 1.165) is 16.5 Å². The third kappa shape index (κ3) is 9.00. The van der Waals surface area contributed by atoms with E-state index >= 15 is 0 Å². The van der Waals surface area contributed by atoms with Gasteiger partial charge in [0.25, 0.3) is 5.91 Å². The maximum absolute atomic E-state index is 13.7. The second-order valence-electron chi connectivity index (χ2n) is 12.5. The van der Waals surface area contributed by atoms with Gasteiger partial charge in [0, 0.05) is 22.5 Å². The number of methoxy groups -OCH3 is 1. The minimum absolute atomic E-state index is 0.00188. The molecule has 12 heteroatoms. The highest BCUT2D eigenvalue weighted by Gasteiger charge is 2.35. The van der Waals surface area contributed by atoms with Crippen molar-refractivity contribution in [3.8, 4) is 11.8 Å². The SMILES string of the molecule is COc1cccc2sc(C(=O)N[C@@H](CC(C)(C)C)C(=O)N[C@@H](C[C@@H]3CCCNC3=O)C(=O)COC(=O)C(C)(C)C#N)cc12. The Bertz CT molecular complexity index is 1420. The Morgan fingerprint density at radius 3 is 2.49 bits per heavy atom. The van der Waals surface area contributed by atoms with Crippen LogP contribution in [0.2, 0.25) is 0 Å². The quantitative estimate of drug-likeness (QED) is 0.307. The van der Waals surface area contributed by atoms with Gasteiger partial charge in [0.15, 0.2) is 12.4 Å². The molecule has 43 heavy (non-hydrogen) atoms. The number of Topliss-reactive ketones (excluding diaryl/α,β-unsaturated/α-hetero) is 1. The lowest BCUT2D eigenvalue weighted by atomic mass is 9.87. The van der Waals surface area contributed by atoms with E-state index in [0.29, 0.717) is 23.6 Å². The number of rotatable bonds is 12. The number of nitriles is 1. The number of nitrogens with zero attached hydrogens (tertiary/aromatic N) is 1. The van der Waals surface area contributed by atoms with Crippen molar-refractivity contribution >= 4 is 50.9 Å². The summed E-state index contributed by atoms with van der Waals surface area (Å²) in [6, 6.07) is 6.88. The Morgan fingerprint density at radius 1 is 1.14 bits per heavy atom. The Morgan fingerprint density at radius 2 is 1.86 bits per heavy atom. The summed E-state index contributed by atoms with van der Waals surface area (Å²) < 4.78 is 11.4. The van der Waals surface area contributed by atoms with Crippen molar-refractivity contribution < 1.29 is 33.4 Å². The van der Waals surface area contributed by atoms with E-state index in [-0.39, 0.29) is 24.2 Å². The molecule has 3 amide bonds. The molecule has 0 aliphatic carbocycles. The molecule has 3 rings (SSSR count). The molecule has 1 saturated heterocycles. The number of hydrogen-bond acceptors (Lipinski definition) is 9. The molecule has 11 nitrogen and oxygen atoms in total. The second kappa shape index (κ2) is 14.0. The van der Waals surface area contributed by atoms with Crippen molar-refractivity contribution in [3.63, 3.8) is 0 Å². The number of benzene rings is 1. The summed E-state index contributed by atoms with van der Waals surface area (Å²) in [5, 5.41) is 18.3. The van der Waals surface area contributed by atoms with E-state index in [2.05, 4.69) is 16.0 Å². The molecule has 232 valence electrons. The van der Waals surface area contributed by atoms with Crippen LogP contribution in [0.4, 0.5) is 0 Å². The summed E-state index contributed by atoms with van der Waals surface area (Å²) in [5.41, 5.74) is -1.83. The lowest BCUT2D eigenvalue weighted by Gasteiger charge is -2.30. The maximum atomic E-state index is 13.7. The molecule has 2 aromatic rings. The van der Waals surface area contributed by atoms with Gasteiger partial charge in [-0.05, 0) is 63.1 Å². The van der Waals surface area contributed by atoms with Crippen LogP contribution in [0.15, 0.2) is 24.3 Å². The highest BCUT2D eigenvalue weighted by Crippen LogP contribution is 2.33. The van der Waals surface area contributed by atoms with Crippen LogP contribution in [-0.4, -0.2) is 61.8 Å². The topological polar surface area (TPSA) is 164 Å². The zero-order valence-electron chi connectivity index (χ0n) is 25.5. The molecule has 1 aromatic heterocycles. The third-order valence-corrected chi connectivity index (χ3v) is 8.26. The first-order chi connectivity index (χ1) is 20.1. The summed E-state index contributed by atoms with van der Waals surface area (Å²) >= 11 is 1.27. The largest absolute Gasteiger partial charge is 0.496 e. The van der Waals surface area contributed by atoms with E-state index < -0.39 is 53.6 Å². The number of fused-ring (bicyclic) bond motifs is 1. The Kier molecular flexibility index (Phi) is 10.9. The predicted octanol–water partition coefficient (Wildman–Crippen LogP) is 3.51. The standard InChI is InChI=1S/C31H40N4O7S/c1-30(2,3)15-21(35-28(39)25-14-19-23(41-6)10-7-11-24(19)43-25)27(38)34-20(13-18-9-8-12-33-26(18)37)22(36)16-42-29(40)31(4,5)17-32/h7,10-11,14,18,20-21H,8-9,12-13,15-16H2,1-6H3,(H,33,37)(H,34,38)(H,35,39)/t18-,20-,21-/m0/s1. The van der Waals surface area contributed by atoms with Crippen LogP contribution in [0.1, 0.15) is 70.0 Å². The Balaban J connectivity index is 1.82. The van der Waals surface area contributed by atoms with Gasteiger partial charge in [-0.1, -0.05) is 26.8 Å². The smallest absolute Gasteiger partial charge is 0.326 e. The predicted molar refractivity (Wildman–Crippen MR) is 161 cm³/mol. The molecule has 1 aromatic carbocycles. The van der Waals surface area contributed by atoms with Gasteiger partial charge in [-0.2, -0.15) is 5.26 Å². The number of carbonyl (C=O) groups is 5. The fourth-order valence-corrected chi connectivity index (χ4v) is 5.71. The number of thiophene rings is 1. The maximum Gasteiger partial charge on any atom is 0.326 e. The normalized spacial score (nSPS) is 16.8. The molecule has 1 aliphatic heterocycles. The summed E-state index contributed by atoms with van der Waals surface area (Å²) in [7, 11) is 1.55. The van der Waals surface area contributed by atoms with Gasteiger partial charge >= 0.3 is 5.97 Å². The molecule has 3 N–H and O–H groups in total. The first-order valence-corrected chi connectivity index (χ1v) is 15.0. The third-order valence-electron chi connectivity index (χ3n) is 7.16. The van der Waals surface area contributed by atoms with Crippen LogP contribution in [-0.2, 0) is 23.9 Å². The molecule has 0 saturated carbocycles. The average molecular weight is 613 g/mol. The van der Waals surface area contributed by atoms with Gasteiger partial charge in [-0.3, -0.25) is 24.0 Å². The summed E-state index contributed by atoms with van der Waals surface area (Å²) in [4.78, 5) is 65.6. The van der Waals surface area contributed by atoms with Crippen LogP contribution in [0.3, 0.4) is 0 Å².